The molecule has 0 fully saturated rings. The number of quaternary nitrogens is 1. The summed E-state index contributed by atoms with van der Waals surface area (Å²) in [5, 5.41) is 0. The smallest absolute Gasteiger partial charge is 0.306 e. The Kier molecular flexibility index (Phi) is 44.4. The number of allylic oxidation sites excluding steroid dienone is 18. The number of hydrogen-bond acceptors (Lipinski definition) is 8. The van der Waals surface area contributed by atoms with Crippen molar-refractivity contribution in [2.24, 2.45) is 0 Å². The molecule has 0 rings (SSSR count). The fourth-order valence-electron chi connectivity index (χ4n) is 6.38. The summed E-state index contributed by atoms with van der Waals surface area (Å²) in [5.74, 6) is -0.872. The Morgan fingerprint density at radius 3 is 1.21 bits per heavy atom. The van der Waals surface area contributed by atoms with Gasteiger partial charge in [0, 0.05) is 12.8 Å². The van der Waals surface area contributed by atoms with Gasteiger partial charge in [-0.1, -0.05) is 181 Å². The van der Waals surface area contributed by atoms with Crippen LogP contribution < -0.4 is 4.89 Å². The first-order chi connectivity index (χ1) is 32.0. The Labute approximate surface area is 404 Å². The van der Waals surface area contributed by atoms with E-state index in [4.69, 9.17) is 18.5 Å². The minimum absolute atomic E-state index is 0.0424. The Morgan fingerprint density at radius 1 is 0.470 bits per heavy atom. The summed E-state index contributed by atoms with van der Waals surface area (Å²) in [7, 11) is 1.13. The van der Waals surface area contributed by atoms with Gasteiger partial charge in [0.2, 0.25) is 0 Å². The van der Waals surface area contributed by atoms with E-state index in [0.717, 1.165) is 122 Å². The van der Waals surface area contributed by atoms with Gasteiger partial charge in [-0.25, -0.2) is 0 Å². The molecule has 2 unspecified atom stereocenters. The molecular formula is C56H94NO8P. The van der Waals surface area contributed by atoms with Crippen molar-refractivity contribution in [3.8, 4) is 0 Å². The van der Waals surface area contributed by atoms with Crippen LogP contribution in [-0.4, -0.2) is 70.0 Å². The monoisotopic (exact) mass is 940 g/mol. The summed E-state index contributed by atoms with van der Waals surface area (Å²) in [4.78, 5) is 37.8. The van der Waals surface area contributed by atoms with E-state index in [1.807, 2.05) is 21.1 Å². The van der Waals surface area contributed by atoms with Crippen LogP contribution in [0.25, 0.3) is 0 Å². The highest BCUT2D eigenvalue weighted by Crippen LogP contribution is 2.38. The number of carbonyl (C=O) groups excluding carboxylic acids is 2. The Hall–Kier alpha value is -3.33. The highest BCUT2D eigenvalue weighted by molar-refractivity contribution is 7.45. The topological polar surface area (TPSA) is 111 Å². The van der Waals surface area contributed by atoms with Crippen molar-refractivity contribution < 1.29 is 42.1 Å². The van der Waals surface area contributed by atoms with Crippen molar-refractivity contribution in [3.63, 3.8) is 0 Å². The number of unbranched alkanes of at least 4 members (excludes halogenated alkanes) is 13. The Balaban J connectivity index is 4.33. The van der Waals surface area contributed by atoms with Gasteiger partial charge in [-0.05, 0) is 96.3 Å². The van der Waals surface area contributed by atoms with Gasteiger partial charge in [0.1, 0.15) is 19.8 Å². The molecule has 0 aliphatic carbocycles. The molecule has 0 saturated carbocycles. The molecular weight excluding hydrogens is 846 g/mol. The SMILES string of the molecule is CC/C=C\C/C=C\C/C=C\C/C=C\C/C=C\CCCCCCCCCC(=O)OC(COC(=O)CCCCCCCC/C=C\C/C=C\C/C=C\C/C=C\CC)COP(=O)([O-])OCC[N+](C)(C)C. The predicted octanol–water partition coefficient (Wildman–Crippen LogP) is 14.8. The van der Waals surface area contributed by atoms with Gasteiger partial charge in [-0.15, -0.1) is 0 Å². The van der Waals surface area contributed by atoms with Gasteiger partial charge < -0.3 is 27.9 Å². The maximum absolute atomic E-state index is 12.8. The molecule has 0 aliphatic rings. The molecule has 2 atom stereocenters. The number of phosphoric acid groups is 1. The second-order valence-electron chi connectivity index (χ2n) is 17.8. The van der Waals surface area contributed by atoms with Crippen molar-refractivity contribution in [2.75, 3.05) is 47.5 Å². The van der Waals surface area contributed by atoms with E-state index in [1.165, 1.54) is 19.3 Å². The molecule has 0 radical (unpaired) electrons. The molecule has 0 heterocycles. The maximum Gasteiger partial charge on any atom is 0.306 e. The van der Waals surface area contributed by atoms with E-state index in [2.05, 4.69) is 123 Å². The number of rotatable bonds is 45. The van der Waals surface area contributed by atoms with Crippen LogP contribution in [0.1, 0.15) is 181 Å². The second kappa shape index (κ2) is 46.8. The van der Waals surface area contributed by atoms with Gasteiger partial charge in [-0.2, -0.15) is 0 Å². The van der Waals surface area contributed by atoms with Crippen LogP contribution >= 0.6 is 7.82 Å². The lowest BCUT2D eigenvalue weighted by Gasteiger charge is -2.28. The van der Waals surface area contributed by atoms with Gasteiger partial charge >= 0.3 is 11.9 Å². The number of likely N-dealkylation sites (N-methyl/N-ethyl adjacent to an activating group) is 1. The van der Waals surface area contributed by atoms with E-state index in [0.29, 0.717) is 23.9 Å². The molecule has 0 aromatic carbocycles. The minimum atomic E-state index is -4.65. The summed E-state index contributed by atoms with van der Waals surface area (Å²) >= 11 is 0. The number of ether oxygens (including phenoxy) is 2. The lowest BCUT2D eigenvalue weighted by atomic mass is 10.1. The first-order valence-corrected chi connectivity index (χ1v) is 27.1. The lowest BCUT2D eigenvalue weighted by molar-refractivity contribution is -0.870. The molecule has 0 aliphatic heterocycles. The number of esters is 2. The van der Waals surface area contributed by atoms with Crippen molar-refractivity contribution in [1.82, 2.24) is 0 Å². The van der Waals surface area contributed by atoms with Gasteiger partial charge in [0.25, 0.3) is 7.82 Å². The molecule has 66 heavy (non-hydrogen) atoms. The predicted molar refractivity (Wildman–Crippen MR) is 277 cm³/mol. The molecule has 9 nitrogen and oxygen atoms in total. The van der Waals surface area contributed by atoms with Crippen LogP contribution in [-0.2, 0) is 32.7 Å². The first-order valence-electron chi connectivity index (χ1n) is 25.6. The average molecular weight is 940 g/mol. The van der Waals surface area contributed by atoms with E-state index in [-0.39, 0.29) is 26.1 Å². The van der Waals surface area contributed by atoms with E-state index in [1.54, 1.807) is 0 Å². The molecule has 0 aromatic rings. The summed E-state index contributed by atoms with van der Waals surface area (Å²) in [6.07, 6.45) is 64.0. The lowest BCUT2D eigenvalue weighted by Crippen LogP contribution is -2.37. The first kappa shape index (κ1) is 62.7. The van der Waals surface area contributed by atoms with Crippen LogP contribution in [0.4, 0.5) is 0 Å². The summed E-state index contributed by atoms with van der Waals surface area (Å²) < 4.78 is 34.0. The van der Waals surface area contributed by atoms with Crippen molar-refractivity contribution in [1.29, 1.82) is 0 Å². The Morgan fingerprint density at radius 2 is 0.818 bits per heavy atom. The third kappa shape index (κ3) is 50.1. The zero-order chi connectivity index (χ0) is 48.5. The third-order valence-corrected chi connectivity index (χ3v) is 11.3. The number of hydrogen-bond donors (Lipinski definition) is 0. The number of carbonyl (C=O) groups is 2. The third-order valence-electron chi connectivity index (χ3n) is 10.3. The summed E-state index contributed by atoms with van der Waals surface area (Å²) in [6, 6.07) is 0. The van der Waals surface area contributed by atoms with E-state index in [9.17, 15) is 19.0 Å². The van der Waals surface area contributed by atoms with Gasteiger partial charge in [-0.3, -0.25) is 14.2 Å². The van der Waals surface area contributed by atoms with Crippen molar-refractivity contribution in [2.45, 2.75) is 187 Å². The highest BCUT2D eigenvalue weighted by atomic mass is 31.2. The standard InChI is InChI=1S/C56H94NO8P/c1-6-8-10-12-14-16-18-20-22-24-26-27-28-29-31-33-35-37-39-41-43-45-47-49-56(59)65-54(53-64-66(60,61)63-51-50-57(3,4)5)52-62-55(58)48-46-44-42-40-38-36-34-32-30-25-23-21-19-17-15-13-11-9-7-2/h8-11,14-17,20-23,26-27,29-32,54H,6-7,12-13,18-19,24-25,28,33-53H2,1-5H3/b10-8-,11-9-,16-14-,17-15-,22-20-,23-21-,27-26-,31-29-,32-30-. The molecule has 0 aromatic heterocycles. The van der Waals surface area contributed by atoms with Gasteiger partial charge in [0.05, 0.1) is 27.7 Å². The quantitative estimate of drug-likeness (QED) is 0.0195. The largest absolute Gasteiger partial charge is 0.756 e. The fraction of sp³-hybridized carbons (Fsp3) is 0.643. The van der Waals surface area contributed by atoms with Crippen LogP contribution in [0.5, 0.6) is 0 Å². The molecule has 10 heteroatoms. The number of phosphoric ester groups is 1. The Bertz CT molecular complexity index is 1480. The van der Waals surface area contributed by atoms with E-state index >= 15 is 0 Å². The normalized spacial score (nSPS) is 14.3. The maximum atomic E-state index is 12.8. The van der Waals surface area contributed by atoms with Crippen LogP contribution in [0, 0.1) is 0 Å². The van der Waals surface area contributed by atoms with E-state index < -0.39 is 32.5 Å². The zero-order valence-electron chi connectivity index (χ0n) is 42.3. The minimum Gasteiger partial charge on any atom is -0.756 e. The second-order valence-corrected chi connectivity index (χ2v) is 19.2. The zero-order valence-corrected chi connectivity index (χ0v) is 43.2. The molecule has 0 amide bonds. The van der Waals surface area contributed by atoms with Crippen molar-refractivity contribution in [3.05, 3.63) is 109 Å². The van der Waals surface area contributed by atoms with Crippen LogP contribution in [0.2, 0.25) is 0 Å². The van der Waals surface area contributed by atoms with Crippen LogP contribution in [0.3, 0.4) is 0 Å². The van der Waals surface area contributed by atoms with Gasteiger partial charge in [0.15, 0.2) is 6.10 Å². The molecule has 0 saturated heterocycles. The molecule has 0 bridgehead atoms. The fourth-order valence-corrected chi connectivity index (χ4v) is 7.11. The average Bonchev–Trinajstić information content (AvgIpc) is 3.27. The molecule has 0 N–H and O–H groups in total. The highest BCUT2D eigenvalue weighted by Gasteiger charge is 2.21. The molecule has 376 valence electrons. The number of nitrogens with zero attached hydrogens (tertiary/aromatic N) is 1. The summed E-state index contributed by atoms with van der Waals surface area (Å²) in [5.41, 5.74) is 0. The molecule has 0 spiro atoms. The van der Waals surface area contributed by atoms with Crippen molar-refractivity contribution >= 4 is 19.8 Å². The van der Waals surface area contributed by atoms with Crippen LogP contribution in [0.15, 0.2) is 109 Å². The summed E-state index contributed by atoms with van der Waals surface area (Å²) in [6.45, 7) is 3.96.